The molecule has 21 heavy (non-hydrogen) atoms. The molecule has 0 fully saturated rings. The van der Waals surface area contributed by atoms with Crippen LogP contribution in [0.4, 0.5) is 10.1 Å². The van der Waals surface area contributed by atoms with Crippen molar-refractivity contribution >= 4 is 11.6 Å². The molecular formula is C17H17FN2O. The van der Waals surface area contributed by atoms with E-state index in [1.807, 2.05) is 18.2 Å². The number of carbonyl (C=O) groups is 1. The molecule has 1 amide bonds. The van der Waals surface area contributed by atoms with Gasteiger partial charge in [0.15, 0.2) is 0 Å². The zero-order chi connectivity index (χ0) is 14.8. The average Bonchev–Trinajstić information content (AvgIpc) is 2.46. The molecule has 1 aliphatic carbocycles. The van der Waals surface area contributed by atoms with Crippen LogP contribution in [0.3, 0.4) is 0 Å². The van der Waals surface area contributed by atoms with Gasteiger partial charge in [-0.2, -0.15) is 0 Å². The highest BCUT2D eigenvalue weighted by Gasteiger charge is 2.22. The van der Waals surface area contributed by atoms with E-state index in [9.17, 15) is 9.18 Å². The fourth-order valence-corrected chi connectivity index (χ4v) is 2.89. The SMILES string of the molecule is Nc1cc(F)cc(C(=O)NC2CCCc3ccccc32)c1. The summed E-state index contributed by atoms with van der Waals surface area (Å²) in [6.07, 6.45) is 2.97. The second-order valence-corrected chi connectivity index (χ2v) is 5.39. The maximum absolute atomic E-state index is 13.3. The topological polar surface area (TPSA) is 55.1 Å². The summed E-state index contributed by atoms with van der Waals surface area (Å²) in [6.45, 7) is 0. The number of fused-ring (bicyclic) bond motifs is 1. The first-order chi connectivity index (χ1) is 10.1. The Bertz CT molecular complexity index is 664. The number of hydrogen-bond acceptors (Lipinski definition) is 2. The Morgan fingerprint density at radius 3 is 2.86 bits per heavy atom. The third-order valence-corrected chi connectivity index (χ3v) is 3.86. The Morgan fingerprint density at radius 1 is 1.24 bits per heavy atom. The summed E-state index contributed by atoms with van der Waals surface area (Å²) in [5, 5.41) is 2.98. The third-order valence-electron chi connectivity index (χ3n) is 3.86. The van der Waals surface area contributed by atoms with Crippen molar-refractivity contribution < 1.29 is 9.18 Å². The van der Waals surface area contributed by atoms with Crippen molar-refractivity contribution in [3.63, 3.8) is 0 Å². The zero-order valence-corrected chi connectivity index (χ0v) is 11.6. The van der Waals surface area contributed by atoms with Gasteiger partial charge in [0.05, 0.1) is 6.04 Å². The minimum Gasteiger partial charge on any atom is -0.399 e. The van der Waals surface area contributed by atoms with Crippen molar-refractivity contribution in [2.75, 3.05) is 5.73 Å². The summed E-state index contributed by atoms with van der Waals surface area (Å²) >= 11 is 0. The molecule has 1 aliphatic rings. The quantitative estimate of drug-likeness (QED) is 0.832. The first-order valence-corrected chi connectivity index (χ1v) is 7.08. The van der Waals surface area contributed by atoms with Crippen LogP contribution in [-0.2, 0) is 6.42 Å². The van der Waals surface area contributed by atoms with Gasteiger partial charge in [-0.3, -0.25) is 4.79 Å². The summed E-state index contributed by atoms with van der Waals surface area (Å²) in [6, 6.07) is 12.0. The van der Waals surface area contributed by atoms with Crippen LogP contribution in [0.2, 0.25) is 0 Å². The molecule has 0 heterocycles. The number of rotatable bonds is 2. The second-order valence-electron chi connectivity index (χ2n) is 5.39. The summed E-state index contributed by atoms with van der Waals surface area (Å²) in [4.78, 5) is 12.3. The molecule has 0 saturated carbocycles. The van der Waals surface area contributed by atoms with Gasteiger partial charge in [-0.25, -0.2) is 4.39 Å². The first kappa shape index (κ1) is 13.6. The number of anilines is 1. The standard InChI is InChI=1S/C17H17FN2O/c18-13-8-12(9-14(19)10-13)17(21)20-16-7-3-5-11-4-1-2-6-15(11)16/h1-2,4,6,8-10,16H,3,5,7,19H2,(H,20,21). The Labute approximate surface area is 123 Å². The average molecular weight is 284 g/mol. The Kier molecular flexibility index (Phi) is 3.60. The predicted molar refractivity (Wildman–Crippen MR) is 80.4 cm³/mol. The summed E-state index contributed by atoms with van der Waals surface area (Å²) in [7, 11) is 0. The largest absolute Gasteiger partial charge is 0.399 e. The molecule has 0 aliphatic heterocycles. The number of hydrogen-bond donors (Lipinski definition) is 2. The van der Waals surface area contributed by atoms with E-state index in [-0.39, 0.29) is 23.2 Å². The normalized spacial score (nSPS) is 17.1. The van der Waals surface area contributed by atoms with Gasteiger partial charge >= 0.3 is 0 Å². The molecule has 108 valence electrons. The van der Waals surface area contributed by atoms with Gasteiger partial charge in [0, 0.05) is 11.3 Å². The van der Waals surface area contributed by atoms with E-state index in [1.165, 1.54) is 23.8 Å². The molecule has 0 bridgehead atoms. The van der Waals surface area contributed by atoms with Gasteiger partial charge < -0.3 is 11.1 Å². The van der Waals surface area contributed by atoms with Crippen LogP contribution in [0.1, 0.15) is 40.4 Å². The van der Waals surface area contributed by atoms with Crippen LogP contribution in [0, 0.1) is 5.82 Å². The minimum absolute atomic E-state index is 0.0214. The van der Waals surface area contributed by atoms with E-state index in [4.69, 9.17) is 5.73 Å². The molecule has 4 heteroatoms. The lowest BCUT2D eigenvalue weighted by Gasteiger charge is -2.26. The summed E-state index contributed by atoms with van der Waals surface area (Å²) in [5.41, 5.74) is 8.53. The number of aryl methyl sites for hydroxylation is 1. The molecule has 2 aromatic rings. The molecule has 3 N–H and O–H groups in total. The molecule has 0 spiro atoms. The van der Waals surface area contributed by atoms with Crippen LogP contribution in [0.5, 0.6) is 0 Å². The number of nitrogens with one attached hydrogen (secondary N) is 1. The third kappa shape index (κ3) is 2.89. The van der Waals surface area contributed by atoms with Crippen LogP contribution in [-0.4, -0.2) is 5.91 Å². The molecule has 1 atom stereocenters. The fraction of sp³-hybridized carbons (Fsp3) is 0.235. The van der Waals surface area contributed by atoms with E-state index in [2.05, 4.69) is 11.4 Å². The van der Waals surface area contributed by atoms with E-state index in [0.717, 1.165) is 24.8 Å². The molecule has 3 nitrogen and oxygen atoms in total. The summed E-state index contributed by atoms with van der Waals surface area (Å²) < 4.78 is 13.3. The van der Waals surface area contributed by atoms with Gasteiger partial charge in [0.1, 0.15) is 5.82 Å². The minimum atomic E-state index is -0.496. The second kappa shape index (κ2) is 5.56. The Balaban J connectivity index is 1.82. The fourth-order valence-electron chi connectivity index (χ4n) is 2.89. The highest BCUT2D eigenvalue weighted by molar-refractivity contribution is 5.95. The number of carbonyl (C=O) groups excluding carboxylic acids is 1. The molecular weight excluding hydrogens is 267 g/mol. The number of amides is 1. The van der Waals surface area contributed by atoms with Crippen molar-refractivity contribution in [2.45, 2.75) is 25.3 Å². The summed E-state index contributed by atoms with van der Waals surface area (Å²) in [5.74, 6) is -0.785. The first-order valence-electron chi connectivity index (χ1n) is 7.08. The van der Waals surface area contributed by atoms with E-state index >= 15 is 0 Å². The van der Waals surface area contributed by atoms with Gasteiger partial charge in [-0.15, -0.1) is 0 Å². The smallest absolute Gasteiger partial charge is 0.251 e. The van der Waals surface area contributed by atoms with Crippen molar-refractivity contribution in [1.29, 1.82) is 0 Å². The van der Waals surface area contributed by atoms with Crippen molar-refractivity contribution in [3.05, 3.63) is 65.0 Å². The van der Waals surface area contributed by atoms with Crippen LogP contribution in [0.15, 0.2) is 42.5 Å². The molecule has 3 rings (SSSR count). The van der Waals surface area contributed by atoms with E-state index < -0.39 is 5.82 Å². The molecule has 0 radical (unpaired) electrons. The van der Waals surface area contributed by atoms with Crippen LogP contribution >= 0.6 is 0 Å². The molecule has 0 saturated heterocycles. The monoisotopic (exact) mass is 284 g/mol. The Morgan fingerprint density at radius 2 is 2.05 bits per heavy atom. The lowest BCUT2D eigenvalue weighted by atomic mass is 9.87. The van der Waals surface area contributed by atoms with Crippen LogP contribution < -0.4 is 11.1 Å². The zero-order valence-electron chi connectivity index (χ0n) is 11.6. The highest BCUT2D eigenvalue weighted by atomic mass is 19.1. The van der Waals surface area contributed by atoms with Gasteiger partial charge in [0.2, 0.25) is 0 Å². The molecule has 2 aromatic carbocycles. The molecule has 1 unspecified atom stereocenters. The number of nitrogen functional groups attached to an aromatic ring is 1. The van der Waals surface area contributed by atoms with Crippen molar-refractivity contribution in [1.82, 2.24) is 5.32 Å². The maximum Gasteiger partial charge on any atom is 0.251 e. The van der Waals surface area contributed by atoms with E-state index in [1.54, 1.807) is 0 Å². The van der Waals surface area contributed by atoms with E-state index in [0.29, 0.717) is 0 Å². The Hall–Kier alpha value is -2.36. The lowest BCUT2D eigenvalue weighted by Crippen LogP contribution is -2.31. The lowest BCUT2D eigenvalue weighted by molar-refractivity contribution is 0.0932. The highest BCUT2D eigenvalue weighted by Crippen LogP contribution is 2.29. The number of benzene rings is 2. The molecule has 0 aromatic heterocycles. The van der Waals surface area contributed by atoms with Crippen molar-refractivity contribution in [2.24, 2.45) is 0 Å². The number of halogens is 1. The number of nitrogens with two attached hydrogens (primary N) is 1. The van der Waals surface area contributed by atoms with Gasteiger partial charge in [-0.1, -0.05) is 24.3 Å². The maximum atomic E-state index is 13.3. The van der Waals surface area contributed by atoms with Gasteiger partial charge in [-0.05, 0) is 48.6 Å². The predicted octanol–water partition coefficient (Wildman–Crippen LogP) is 3.22. The van der Waals surface area contributed by atoms with Crippen LogP contribution in [0.25, 0.3) is 0 Å². The van der Waals surface area contributed by atoms with Gasteiger partial charge in [0.25, 0.3) is 5.91 Å². The van der Waals surface area contributed by atoms with Crippen molar-refractivity contribution in [3.8, 4) is 0 Å².